The minimum Gasteiger partial charge on any atom is -0.325 e. The highest BCUT2D eigenvalue weighted by molar-refractivity contribution is 7.99. The van der Waals surface area contributed by atoms with Crippen LogP contribution in [0.5, 0.6) is 0 Å². The quantitative estimate of drug-likeness (QED) is 0.716. The Morgan fingerprint density at radius 3 is 2.77 bits per heavy atom. The van der Waals surface area contributed by atoms with Gasteiger partial charge in [-0.1, -0.05) is 13.0 Å². The second kappa shape index (κ2) is 8.61. The second-order valence-corrected chi connectivity index (χ2v) is 7.63. The van der Waals surface area contributed by atoms with Crippen LogP contribution < -0.4 is 15.4 Å². The number of benzene rings is 1. The molecule has 6 nitrogen and oxygen atoms in total. The number of nitrogens with one attached hydrogen (secondary N) is 3. The van der Waals surface area contributed by atoms with Gasteiger partial charge in [-0.25, -0.2) is 8.42 Å². The minimum absolute atomic E-state index is 0. The third-order valence-electron chi connectivity index (χ3n) is 2.91. The largest absolute Gasteiger partial charge is 0.325 e. The molecule has 1 atom stereocenters. The van der Waals surface area contributed by atoms with Gasteiger partial charge in [0.15, 0.2) is 0 Å². The molecule has 0 aromatic heterocycles. The van der Waals surface area contributed by atoms with Crippen molar-refractivity contribution in [2.45, 2.75) is 19.4 Å². The van der Waals surface area contributed by atoms with E-state index in [0.717, 1.165) is 11.6 Å². The van der Waals surface area contributed by atoms with E-state index in [-0.39, 0.29) is 30.1 Å². The van der Waals surface area contributed by atoms with Crippen LogP contribution in [0.3, 0.4) is 0 Å². The number of carbonyl (C=O) groups excluding carboxylic acids is 1. The van der Waals surface area contributed by atoms with Gasteiger partial charge in [-0.2, -0.15) is 0 Å². The number of thioether (sulfide) groups is 1. The summed E-state index contributed by atoms with van der Waals surface area (Å²) in [6, 6.07) is 6.52. The summed E-state index contributed by atoms with van der Waals surface area (Å²) in [5.74, 6) is 1.49. The summed E-state index contributed by atoms with van der Waals surface area (Å²) >= 11 is 1.67. The first-order valence-electron chi connectivity index (χ1n) is 6.73. The van der Waals surface area contributed by atoms with Gasteiger partial charge in [0, 0.05) is 17.3 Å². The Bertz CT molecular complexity index is 604. The zero-order valence-corrected chi connectivity index (χ0v) is 14.6. The maximum Gasteiger partial charge on any atom is 0.242 e. The van der Waals surface area contributed by atoms with Gasteiger partial charge < -0.3 is 5.32 Å². The molecule has 0 spiro atoms. The van der Waals surface area contributed by atoms with Crippen LogP contribution >= 0.6 is 24.2 Å². The molecule has 1 aliphatic rings. The molecular formula is C13H20ClN3O3S2. The van der Waals surface area contributed by atoms with Crippen molar-refractivity contribution in [3.8, 4) is 0 Å². The Kier molecular flexibility index (Phi) is 7.47. The first-order valence-corrected chi connectivity index (χ1v) is 9.53. The molecule has 1 amide bonds. The predicted octanol–water partition coefficient (Wildman–Crippen LogP) is 1.86. The Labute approximate surface area is 141 Å². The minimum atomic E-state index is -3.32. The molecular weight excluding hydrogens is 346 g/mol. The lowest BCUT2D eigenvalue weighted by Gasteiger charge is -2.12. The molecule has 1 unspecified atom stereocenters. The Morgan fingerprint density at radius 2 is 2.14 bits per heavy atom. The number of hydrogen-bond acceptors (Lipinski definition) is 5. The molecule has 1 aromatic rings. The van der Waals surface area contributed by atoms with E-state index in [1.807, 2.05) is 6.92 Å². The van der Waals surface area contributed by atoms with Gasteiger partial charge in [-0.05, 0) is 24.6 Å². The first-order chi connectivity index (χ1) is 10.00. The van der Waals surface area contributed by atoms with E-state index in [0.29, 0.717) is 17.8 Å². The Morgan fingerprint density at radius 1 is 1.41 bits per heavy atom. The zero-order valence-electron chi connectivity index (χ0n) is 12.2. The van der Waals surface area contributed by atoms with Gasteiger partial charge in [-0.3, -0.25) is 14.8 Å². The average molecular weight is 366 g/mol. The van der Waals surface area contributed by atoms with Gasteiger partial charge in [0.1, 0.15) is 0 Å². The van der Waals surface area contributed by atoms with E-state index >= 15 is 0 Å². The number of anilines is 2. The van der Waals surface area contributed by atoms with Crippen molar-refractivity contribution in [3.63, 3.8) is 0 Å². The van der Waals surface area contributed by atoms with Crippen molar-refractivity contribution in [2.75, 3.05) is 27.4 Å². The summed E-state index contributed by atoms with van der Waals surface area (Å²) in [6.45, 7) is 1.81. The topological polar surface area (TPSA) is 87.3 Å². The Hall–Kier alpha value is -0.960. The molecule has 0 saturated carbocycles. The van der Waals surface area contributed by atoms with Crippen LogP contribution in [-0.2, 0) is 14.8 Å². The molecule has 2 rings (SSSR count). The van der Waals surface area contributed by atoms with Gasteiger partial charge in [0.05, 0.1) is 17.5 Å². The summed E-state index contributed by atoms with van der Waals surface area (Å²) in [5, 5.41) is 5.88. The zero-order chi connectivity index (χ0) is 15.3. The van der Waals surface area contributed by atoms with E-state index in [1.165, 1.54) is 0 Å². The van der Waals surface area contributed by atoms with Crippen molar-refractivity contribution < 1.29 is 13.2 Å². The lowest BCUT2D eigenvalue weighted by molar-refractivity contribution is -0.117. The molecule has 1 heterocycles. The van der Waals surface area contributed by atoms with Crippen molar-refractivity contribution in [2.24, 2.45) is 0 Å². The van der Waals surface area contributed by atoms with Crippen molar-refractivity contribution in [1.29, 1.82) is 0 Å². The summed E-state index contributed by atoms with van der Waals surface area (Å²) in [4.78, 5) is 12.0. The SMILES string of the molecule is CCCS(=O)(=O)Nc1cccc(NC(=O)C2CSCN2)c1.Cl. The third-order valence-corrected chi connectivity index (χ3v) is 5.34. The van der Waals surface area contributed by atoms with Gasteiger partial charge in [-0.15, -0.1) is 24.2 Å². The summed E-state index contributed by atoms with van der Waals surface area (Å²) in [5.41, 5.74) is 1.03. The molecule has 1 aromatic carbocycles. The third kappa shape index (κ3) is 5.68. The number of halogens is 1. The predicted molar refractivity (Wildman–Crippen MR) is 94.3 cm³/mol. The Balaban J connectivity index is 0.00000242. The van der Waals surface area contributed by atoms with Crippen LogP contribution in [0.1, 0.15) is 13.3 Å². The van der Waals surface area contributed by atoms with Crippen molar-refractivity contribution >= 4 is 51.5 Å². The maximum atomic E-state index is 12.0. The number of amides is 1. The number of hydrogen-bond donors (Lipinski definition) is 3. The molecule has 124 valence electrons. The summed E-state index contributed by atoms with van der Waals surface area (Å²) in [6.07, 6.45) is 0.552. The van der Waals surface area contributed by atoms with Gasteiger partial charge in [0.2, 0.25) is 15.9 Å². The summed E-state index contributed by atoms with van der Waals surface area (Å²) < 4.78 is 26.0. The lowest BCUT2D eigenvalue weighted by atomic mass is 10.2. The fourth-order valence-corrected chi connectivity index (χ4v) is 4.02. The molecule has 9 heteroatoms. The first kappa shape index (κ1) is 19.1. The molecule has 1 aliphatic heterocycles. The number of carbonyl (C=O) groups is 1. The maximum absolute atomic E-state index is 12.0. The average Bonchev–Trinajstić information content (AvgIpc) is 2.92. The standard InChI is InChI=1S/C13H19N3O3S2.ClH/c1-2-6-21(18,19)16-11-5-3-4-10(7-11)15-13(17)12-8-20-9-14-12;/h3-5,7,12,14,16H,2,6,8-9H2,1H3,(H,15,17);1H. The van der Waals surface area contributed by atoms with Crippen LogP contribution in [0, 0.1) is 0 Å². The molecule has 0 bridgehead atoms. The van der Waals surface area contributed by atoms with E-state index in [1.54, 1.807) is 36.0 Å². The van der Waals surface area contributed by atoms with E-state index < -0.39 is 10.0 Å². The molecule has 1 saturated heterocycles. The van der Waals surface area contributed by atoms with Crippen molar-refractivity contribution in [1.82, 2.24) is 5.32 Å². The van der Waals surface area contributed by atoms with E-state index in [2.05, 4.69) is 15.4 Å². The second-order valence-electron chi connectivity index (χ2n) is 4.76. The van der Waals surface area contributed by atoms with E-state index in [4.69, 9.17) is 0 Å². The van der Waals surface area contributed by atoms with Crippen molar-refractivity contribution in [3.05, 3.63) is 24.3 Å². The molecule has 22 heavy (non-hydrogen) atoms. The molecule has 0 aliphatic carbocycles. The number of rotatable bonds is 6. The summed E-state index contributed by atoms with van der Waals surface area (Å²) in [7, 11) is -3.32. The van der Waals surface area contributed by atoms with Gasteiger partial charge >= 0.3 is 0 Å². The van der Waals surface area contributed by atoms with Crippen LogP contribution in [0.15, 0.2) is 24.3 Å². The molecule has 3 N–H and O–H groups in total. The highest BCUT2D eigenvalue weighted by Crippen LogP contribution is 2.18. The van der Waals surface area contributed by atoms with Crippen LogP contribution in [0.2, 0.25) is 0 Å². The van der Waals surface area contributed by atoms with Gasteiger partial charge in [0.25, 0.3) is 0 Å². The van der Waals surface area contributed by atoms with E-state index in [9.17, 15) is 13.2 Å². The normalized spacial score (nSPS) is 17.6. The fourth-order valence-electron chi connectivity index (χ4n) is 1.95. The smallest absolute Gasteiger partial charge is 0.242 e. The lowest BCUT2D eigenvalue weighted by Crippen LogP contribution is -2.37. The highest BCUT2D eigenvalue weighted by Gasteiger charge is 2.22. The van der Waals surface area contributed by atoms with Crippen LogP contribution in [0.4, 0.5) is 11.4 Å². The fraction of sp³-hybridized carbons (Fsp3) is 0.462. The molecule has 0 radical (unpaired) electrons. The number of sulfonamides is 1. The molecule has 1 fully saturated rings. The van der Waals surface area contributed by atoms with Crippen LogP contribution in [0.25, 0.3) is 0 Å². The monoisotopic (exact) mass is 365 g/mol. The highest BCUT2D eigenvalue weighted by atomic mass is 35.5. The van der Waals surface area contributed by atoms with Crippen LogP contribution in [-0.4, -0.2) is 37.7 Å².